The summed E-state index contributed by atoms with van der Waals surface area (Å²) >= 11 is 0. The van der Waals surface area contributed by atoms with Gasteiger partial charge in [-0.1, -0.05) is 24.3 Å². The van der Waals surface area contributed by atoms with Gasteiger partial charge >= 0.3 is 11.4 Å². The van der Waals surface area contributed by atoms with Gasteiger partial charge in [0.05, 0.1) is 6.54 Å². The van der Waals surface area contributed by atoms with Crippen molar-refractivity contribution in [1.29, 1.82) is 0 Å². The monoisotopic (exact) mass is 386 g/mol. The van der Waals surface area contributed by atoms with Gasteiger partial charge in [-0.05, 0) is 49.2 Å². The molecule has 0 saturated heterocycles. The molecule has 6 nitrogen and oxygen atoms in total. The highest BCUT2D eigenvalue weighted by atomic mass is 19.1. The summed E-state index contributed by atoms with van der Waals surface area (Å²) in [6, 6.07) is 11.3. The summed E-state index contributed by atoms with van der Waals surface area (Å²) in [6.45, 7) is 3.71. The maximum atomic E-state index is 13.4. The number of hydrogen-bond donors (Lipinski definition) is 1. The first kappa shape index (κ1) is 19.5. The van der Waals surface area contributed by atoms with E-state index < -0.39 is 11.4 Å². The third-order valence-corrected chi connectivity index (χ3v) is 4.21. The van der Waals surface area contributed by atoms with Crippen molar-refractivity contribution in [2.24, 2.45) is 0 Å². The first-order valence-corrected chi connectivity index (χ1v) is 8.81. The minimum absolute atomic E-state index is 0.0699. The SMILES string of the molecule is CC(C)n1c(=O)nc(NCc2cccc(F)c2)n(Cc2ccc(F)cc2)c1=O. The lowest BCUT2D eigenvalue weighted by molar-refractivity contribution is 0.495. The van der Waals surface area contributed by atoms with Crippen LogP contribution in [0.1, 0.15) is 31.0 Å². The fraction of sp³-hybridized carbons (Fsp3) is 0.250. The Bertz CT molecular complexity index is 1090. The summed E-state index contributed by atoms with van der Waals surface area (Å²) in [5.74, 6) is -0.697. The quantitative estimate of drug-likeness (QED) is 0.707. The first-order valence-electron chi connectivity index (χ1n) is 8.81. The van der Waals surface area contributed by atoms with Gasteiger partial charge < -0.3 is 5.32 Å². The van der Waals surface area contributed by atoms with E-state index in [0.717, 1.165) is 4.57 Å². The van der Waals surface area contributed by atoms with E-state index in [1.54, 1.807) is 38.1 Å². The predicted molar refractivity (Wildman–Crippen MR) is 102 cm³/mol. The van der Waals surface area contributed by atoms with Gasteiger partial charge in [0.25, 0.3) is 0 Å². The molecular weight excluding hydrogens is 366 g/mol. The van der Waals surface area contributed by atoms with Crippen molar-refractivity contribution in [3.8, 4) is 0 Å². The number of nitrogens with one attached hydrogen (secondary N) is 1. The molecule has 1 heterocycles. The lowest BCUT2D eigenvalue weighted by Crippen LogP contribution is -2.43. The average Bonchev–Trinajstić information content (AvgIpc) is 2.64. The van der Waals surface area contributed by atoms with Crippen LogP contribution in [0.5, 0.6) is 0 Å². The van der Waals surface area contributed by atoms with E-state index in [1.807, 2.05) is 0 Å². The molecule has 28 heavy (non-hydrogen) atoms. The fourth-order valence-electron chi connectivity index (χ4n) is 2.83. The van der Waals surface area contributed by atoms with Gasteiger partial charge in [0.15, 0.2) is 0 Å². The number of nitrogens with zero attached hydrogens (tertiary/aromatic N) is 3. The van der Waals surface area contributed by atoms with Crippen LogP contribution in [0.2, 0.25) is 0 Å². The third-order valence-electron chi connectivity index (χ3n) is 4.21. The Morgan fingerprint density at radius 1 is 1.00 bits per heavy atom. The van der Waals surface area contributed by atoms with Crippen LogP contribution < -0.4 is 16.7 Å². The second-order valence-electron chi connectivity index (χ2n) is 6.66. The molecule has 0 aliphatic heterocycles. The third kappa shape index (κ3) is 4.33. The molecule has 8 heteroatoms. The van der Waals surface area contributed by atoms with E-state index >= 15 is 0 Å². The van der Waals surface area contributed by atoms with Crippen molar-refractivity contribution in [2.75, 3.05) is 5.32 Å². The van der Waals surface area contributed by atoms with Crippen molar-refractivity contribution in [1.82, 2.24) is 14.1 Å². The van der Waals surface area contributed by atoms with Crippen molar-refractivity contribution in [3.63, 3.8) is 0 Å². The molecule has 3 rings (SSSR count). The molecule has 0 spiro atoms. The Morgan fingerprint density at radius 2 is 1.71 bits per heavy atom. The first-order chi connectivity index (χ1) is 13.3. The maximum absolute atomic E-state index is 13.4. The normalized spacial score (nSPS) is 11.0. The minimum atomic E-state index is -0.669. The Morgan fingerprint density at radius 3 is 2.36 bits per heavy atom. The number of aromatic nitrogens is 3. The summed E-state index contributed by atoms with van der Waals surface area (Å²) in [7, 11) is 0. The minimum Gasteiger partial charge on any atom is -0.351 e. The molecule has 0 radical (unpaired) electrons. The molecular formula is C20H20F2N4O2. The van der Waals surface area contributed by atoms with Crippen molar-refractivity contribution in [3.05, 3.63) is 92.3 Å². The maximum Gasteiger partial charge on any atom is 0.355 e. The van der Waals surface area contributed by atoms with Gasteiger partial charge in [-0.25, -0.2) is 22.9 Å². The lowest BCUT2D eigenvalue weighted by Gasteiger charge is -2.17. The van der Waals surface area contributed by atoms with Crippen LogP contribution in [0.25, 0.3) is 0 Å². The topological polar surface area (TPSA) is 68.9 Å². The molecule has 1 aromatic heterocycles. The molecule has 3 aromatic rings. The average molecular weight is 386 g/mol. The van der Waals surface area contributed by atoms with Crippen LogP contribution in [0, 0.1) is 11.6 Å². The number of benzene rings is 2. The molecule has 0 aliphatic carbocycles. The van der Waals surface area contributed by atoms with Gasteiger partial charge in [-0.15, -0.1) is 0 Å². The predicted octanol–water partition coefficient (Wildman–Crippen LogP) is 2.92. The van der Waals surface area contributed by atoms with Gasteiger partial charge in [0.2, 0.25) is 5.95 Å². The van der Waals surface area contributed by atoms with E-state index in [9.17, 15) is 18.4 Å². The summed E-state index contributed by atoms with van der Waals surface area (Å²) in [5, 5.41) is 2.93. The largest absolute Gasteiger partial charge is 0.355 e. The molecule has 0 bridgehead atoms. The van der Waals surface area contributed by atoms with Gasteiger partial charge in [0.1, 0.15) is 11.6 Å². The molecule has 2 aromatic carbocycles. The number of halogens is 2. The Labute approximate surface area is 160 Å². The highest BCUT2D eigenvalue weighted by molar-refractivity contribution is 5.29. The van der Waals surface area contributed by atoms with E-state index in [1.165, 1.54) is 28.8 Å². The standard InChI is InChI=1S/C20H20F2N4O2/c1-13(2)26-19(27)24-18(23-11-15-4-3-5-17(22)10-15)25(20(26)28)12-14-6-8-16(21)9-7-14/h3-10,13H,11-12H2,1-2H3,(H,23,24,27). The second kappa shape index (κ2) is 8.16. The highest BCUT2D eigenvalue weighted by Crippen LogP contribution is 2.10. The van der Waals surface area contributed by atoms with E-state index in [-0.39, 0.29) is 36.7 Å². The van der Waals surface area contributed by atoms with Crippen LogP contribution in [0.4, 0.5) is 14.7 Å². The number of hydrogen-bond acceptors (Lipinski definition) is 4. The molecule has 0 aliphatic rings. The fourth-order valence-corrected chi connectivity index (χ4v) is 2.83. The molecule has 0 unspecified atom stereocenters. The van der Waals surface area contributed by atoms with Crippen molar-refractivity contribution >= 4 is 5.95 Å². The molecule has 146 valence electrons. The van der Waals surface area contributed by atoms with Gasteiger partial charge in [-0.2, -0.15) is 4.98 Å². The van der Waals surface area contributed by atoms with Crippen LogP contribution in [0.15, 0.2) is 58.1 Å². The molecule has 0 atom stereocenters. The molecule has 0 saturated carbocycles. The lowest BCUT2D eigenvalue weighted by atomic mass is 10.2. The van der Waals surface area contributed by atoms with Crippen molar-refractivity contribution < 1.29 is 8.78 Å². The second-order valence-corrected chi connectivity index (χ2v) is 6.66. The zero-order valence-electron chi connectivity index (χ0n) is 15.5. The van der Waals surface area contributed by atoms with Crippen LogP contribution >= 0.6 is 0 Å². The summed E-state index contributed by atoms with van der Waals surface area (Å²) in [6.07, 6.45) is 0. The smallest absolute Gasteiger partial charge is 0.351 e. The van der Waals surface area contributed by atoms with Crippen LogP contribution in [-0.2, 0) is 13.1 Å². The Balaban J connectivity index is 2.00. The van der Waals surface area contributed by atoms with Gasteiger partial charge in [0, 0.05) is 12.6 Å². The number of anilines is 1. The summed E-state index contributed by atoms with van der Waals surface area (Å²) in [4.78, 5) is 29.2. The summed E-state index contributed by atoms with van der Waals surface area (Å²) < 4.78 is 28.9. The van der Waals surface area contributed by atoms with Crippen LogP contribution in [0.3, 0.4) is 0 Å². The van der Waals surface area contributed by atoms with E-state index in [0.29, 0.717) is 11.1 Å². The zero-order valence-corrected chi connectivity index (χ0v) is 15.5. The molecule has 0 amide bonds. The van der Waals surface area contributed by atoms with E-state index in [4.69, 9.17) is 0 Å². The van der Waals surface area contributed by atoms with Crippen molar-refractivity contribution in [2.45, 2.75) is 33.0 Å². The Hall–Kier alpha value is -3.29. The van der Waals surface area contributed by atoms with Gasteiger partial charge in [-0.3, -0.25) is 4.57 Å². The zero-order chi connectivity index (χ0) is 20.3. The van der Waals surface area contributed by atoms with E-state index in [2.05, 4.69) is 10.3 Å². The Kier molecular flexibility index (Phi) is 5.67. The molecule has 1 N–H and O–H groups in total. The molecule has 0 fully saturated rings. The highest BCUT2D eigenvalue weighted by Gasteiger charge is 2.15. The number of rotatable bonds is 6. The summed E-state index contributed by atoms with van der Waals surface area (Å²) in [5.41, 5.74) is 0.113. The van der Waals surface area contributed by atoms with Crippen LogP contribution in [-0.4, -0.2) is 14.1 Å².